The first kappa shape index (κ1) is 21.9. The number of carbonyl (C=O) groups excluding carboxylic acids is 1. The summed E-state index contributed by atoms with van der Waals surface area (Å²) in [7, 11) is -3.62. The van der Waals surface area contributed by atoms with Gasteiger partial charge in [0.1, 0.15) is 18.9 Å². The summed E-state index contributed by atoms with van der Waals surface area (Å²) in [4.78, 5) is 12.1. The molecule has 148 valence electrons. The van der Waals surface area contributed by atoms with Gasteiger partial charge in [-0.2, -0.15) is 5.10 Å². The van der Waals surface area contributed by atoms with E-state index >= 15 is 0 Å². The lowest BCUT2D eigenvalue weighted by atomic mass is 10.2. The molecule has 0 aliphatic rings. The average molecular weight is 513 g/mol. The maximum absolute atomic E-state index is 12.1. The fourth-order valence-corrected chi connectivity index (χ4v) is 3.37. The minimum Gasteiger partial charge on any atom is -0.490 e. The highest BCUT2D eigenvalue weighted by atomic mass is 127. The van der Waals surface area contributed by atoms with Crippen molar-refractivity contribution >= 4 is 50.4 Å². The summed E-state index contributed by atoms with van der Waals surface area (Å²) in [6.45, 7) is 3.63. The summed E-state index contributed by atoms with van der Waals surface area (Å²) in [6.07, 6.45) is 4.17. The predicted octanol–water partition coefficient (Wildman–Crippen LogP) is 2.77. The number of carbonyl (C=O) groups is 1. The van der Waals surface area contributed by atoms with Crippen molar-refractivity contribution in [3.63, 3.8) is 0 Å². The van der Waals surface area contributed by atoms with Gasteiger partial charge >= 0.3 is 0 Å². The van der Waals surface area contributed by atoms with Crippen molar-refractivity contribution in [2.45, 2.75) is 0 Å². The number of rotatable bonds is 9. The monoisotopic (exact) mass is 513 g/mol. The topological polar surface area (TPSA) is 88.1 Å². The molecule has 0 saturated carbocycles. The zero-order valence-electron chi connectivity index (χ0n) is 15.2. The molecule has 0 radical (unpaired) electrons. The van der Waals surface area contributed by atoms with Crippen LogP contribution < -0.4 is 14.5 Å². The van der Waals surface area contributed by atoms with Crippen molar-refractivity contribution < 1.29 is 17.9 Å². The van der Waals surface area contributed by atoms with Gasteiger partial charge in [-0.25, -0.2) is 13.8 Å². The van der Waals surface area contributed by atoms with Crippen LogP contribution in [0.4, 0.5) is 5.69 Å². The molecule has 0 bridgehead atoms. The first-order chi connectivity index (χ1) is 13.3. The molecule has 2 rings (SSSR count). The highest BCUT2D eigenvalue weighted by Crippen LogP contribution is 2.18. The first-order valence-corrected chi connectivity index (χ1v) is 11.1. The Balaban J connectivity index is 1.98. The standard InChI is InChI=1S/C19H20IN3O4S/c1-3-12-27-18-10-4-15(5-11-18)13-21-22-19(24)14-23(28(2,25)26)17-8-6-16(20)7-9-17/h3-11,13H,1,12,14H2,2H3,(H,22,24)/b21-13-. The molecule has 0 heterocycles. The van der Waals surface area contributed by atoms with Crippen LogP contribution in [0.25, 0.3) is 0 Å². The molecule has 2 aromatic rings. The molecule has 0 fully saturated rings. The Bertz CT molecular complexity index is 942. The van der Waals surface area contributed by atoms with Crippen molar-refractivity contribution in [1.29, 1.82) is 0 Å². The van der Waals surface area contributed by atoms with Gasteiger partial charge in [0.2, 0.25) is 10.0 Å². The third-order valence-electron chi connectivity index (χ3n) is 3.45. The molecule has 28 heavy (non-hydrogen) atoms. The minimum absolute atomic E-state index is 0.370. The van der Waals surface area contributed by atoms with E-state index in [1.807, 2.05) is 0 Å². The van der Waals surface area contributed by atoms with Gasteiger partial charge in [-0.1, -0.05) is 12.7 Å². The molecule has 0 unspecified atom stereocenters. The van der Waals surface area contributed by atoms with Crippen LogP contribution in [0, 0.1) is 3.57 Å². The molecule has 0 aliphatic heterocycles. The Labute approximate surface area is 178 Å². The molecule has 0 aliphatic carbocycles. The van der Waals surface area contributed by atoms with E-state index in [1.165, 1.54) is 6.21 Å². The van der Waals surface area contributed by atoms with E-state index in [4.69, 9.17) is 4.74 Å². The number of nitrogens with one attached hydrogen (secondary N) is 1. The molecule has 0 atom stereocenters. The number of amides is 1. The molecule has 9 heteroatoms. The van der Waals surface area contributed by atoms with Crippen LogP contribution in [-0.4, -0.2) is 39.9 Å². The predicted molar refractivity (Wildman–Crippen MR) is 119 cm³/mol. The smallest absolute Gasteiger partial charge is 0.260 e. The van der Waals surface area contributed by atoms with Gasteiger partial charge < -0.3 is 4.74 Å². The van der Waals surface area contributed by atoms with Gasteiger partial charge in [0.05, 0.1) is 18.2 Å². The van der Waals surface area contributed by atoms with E-state index in [2.05, 4.69) is 39.7 Å². The van der Waals surface area contributed by atoms with Crippen molar-refractivity contribution in [2.75, 3.05) is 23.7 Å². The number of hydrogen-bond donors (Lipinski definition) is 1. The summed E-state index contributed by atoms with van der Waals surface area (Å²) >= 11 is 2.12. The van der Waals surface area contributed by atoms with Crippen molar-refractivity contribution in [1.82, 2.24) is 5.43 Å². The molecule has 2 aromatic carbocycles. The van der Waals surface area contributed by atoms with Gasteiger partial charge in [0, 0.05) is 3.57 Å². The summed E-state index contributed by atoms with van der Waals surface area (Å²) in [5.74, 6) is 0.147. The normalized spacial score (nSPS) is 11.2. The van der Waals surface area contributed by atoms with Crippen molar-refractivity contribution in [3.05, 3.63) is 70.3 Å². The van der Waals surface area contributed by atoms with Crippen LogP contribution in [-0.2, 0) is 14.8 Å². The Morgan fingerprint density at radius 1 is 1.21 bits per heavy atom. The summed E-state index contributed by atoms with van der Waals surface area (Å²) in [5.41, 5.74) is 3.51. The Hall–Kier alpha value is -2.40. The third kappa shape index (κ3) is 6.97. The van der Waals surface area contributed by atoms with Crippen molar-refractivity contribution in [2.24, 2.45) is 5.10 Å². The summed E-state index contributed by atoms with van der Waals surface area (Å²) < 4.78 is 31.5. The number of nitrogens with zero attached hydrogens (tertiary/aromatic N) is 2. The van der Waals surface area contributed by atoms with Gasteiger partial charge in [0.15, 0.2) is 0 Å². The number of ether oxygens (including phenoxy) is 1. The summed E-state index contributed by atoms with van der Waals surface area (Å²) in [6, 6.07) is 13.9. The lowest BCUT2D eigenvalue weighted by Gasteiger charge is -2.21. The fraction of sp³-hybridized carbons (Fsp3) is 0.158. The molecule has 0 spiro atoms. The second-order valence-corrected chi connectivity index (χ2v) is 8.86. The van der Waals surface area contributed by atoms with Gasteiger partial charge in [0.25, 0.3) is 5.91 Å². The zero-order chi connectivity index (χ0) is 20.6. The van der Waals surface area contributed by atoms with E-state index in [0.29, 0.717) is 18.0 Å². The Morgan fingerprint density at radius 2 is 1.86 bits per heavy atom. The average Bonchev–Trinajstić information content (AvgIpc) is 2.65. The first-order valence-electron chi connectivity index (χ1n) is 8.18. The zero-order valence-corrected chi connectivity index (χ0v) is 18.2. The number of hydrazone groups is 1. The van der Waals surface area contributed by atoms with Crippen molar-refractivity contribution in [3.8, 4) is 5.75 Å². The van der Waals surface area contributed by atoms with E-state index in [1.54, 1.807) is 54.6 Å². The van der Waals surface area contributed by atoms with Crippen LogP contribution in [0.1, 0.15) is 5.56 Å². The van der Waals surface area contributed by atoms with Crippen LogP contribution in [0.3, 0.4) is 0 Å². The highest BCUT2D eigenvalue weighted by molar-refractivity contribution is 14.1. The van der Waals surface area contributed by atoms with E-state index < -0.39 is 15.9 Å². The Kier molecular flexibility index (Phi) is 8.00. The van der Waals surface area contributed by atoms with E-state index in [0.717, 1.165) is 19.7 Å². The van der Waals surface area contributed by atoms with Crippen LogP contribution in [0.5, 0.6) is 5.75 Å². The number of anilines is 1. The van der Waals surface area contributed by atoms with Crippen LogP contribution >= 0.6 is 22.6 Å². The molecule has 1 N–H and O–H groups in total. The van der Waals surface area contributed by atoms with Gasteiger partial charge in [-0.3, -0.25) is 9.10 Å². The molecular weight excluding hydrogens is 493 g/mol. The maximum Gasteiger partial charge on any atom is 0.260 e. The number of sulfonamides is 1. The van der Waals surface area contributed by atoms with Crippen LogP contribution in [0.15, 0.2) is 66.3 Å². The minimum atomic E-state index is -3.62. The number of halogens is 1. The van der Waals surface area contributed by atoms with E-state index in [-0.39, 0.29) is 6.54 Å². The lowest BCUT2D eigenvalue weighted by molar-refractivity contribution is -0.119. The van der Waals surface area contributed by atoms with E-state index in [9.17, 15) is 13.2 Å². The second-order valence-electron chi connectivity index (χ2n) is 5.71. The quantitative estimate of drug-likeness (QED) is 0.242. The number of hydrogen-bond acceptors (Lipinski definition) is 5. The molecular formula is C19H20IN3O4S. The van der Waals surface area contributed by atoms with Gasteiger partial charge in [-0.15, -0.1) is 0 Å². The molecule has 7 nitrogen and oxygen atoms in total. The second kappa shape index (κ2) is 10.2. The molecule has 1 amide bonds. The highest BCUT2D eigenvalue weighted by Gasteiger charge is 2.20. The Morgan fingerprint density at radius 3 is 2.43 bits per heavy atom. The SMILES string of the molecule is C=CCOc1ccc(/C=N\NC(=O)CN(c2ccc(I)cc2)S(C)(=O)=O)cc1. The summed E-state index contributed by atoms with van der Waals surface area (Å²) in [5, 5.41) is 3.87. The molecule has 0 aromatic heterocycles. The number of benzene rings is 2. The van der Waals surface area contributed by atoms with Gasteiger partial charge in [-0.05, 0) is 76.7 Å². The lowest BCUT2D eigenvalue weighted by Crippen LogP contribution is -2.39. The molecule has 0 saturated heterocycles. The maximum atomic E-state index is 12.1. The fourth-order valence-electron chi connectivity index (χ4n) is 2.16. The third-order valence-corrected chi connectivity index (χ3v) is 5.31. The largest absolute Gasteiger partial charge is 0.490 e. The van der Waals surface area contributed by atoms with Crippen LogP contribution in [0.2, 0.25) is 0 Å².